The van der Waals surface area contributed by atoms with Gasteiger partial charge in [-0.3, -0.25) is 0 Å². The maximum absolute atomic E-state index is 3.25. The summed E-state index contributed by atoms with van der Waals surface area (Å²) in [5.41, 5.74) is 0. The van der Waals surface area contributed by atoms with E-state index in [9.17, 15) is 0 Å². The van der Waals surface area contributed by atoms with Crippen molar-refractivity contribution in [1.29, 1.82) is 0 Å². The first-order chi connectivity index (χ1) is 4.24. The van der Waals surface area contributed by atoms with Crippen LogP contribution in [0.2, 0.25) is 0 Å². The first-order valence-corrected chi connectivity index (χ1v) is 2.45. The third-order valence-electron chi connectivity index (χ3n) is 0. The van der Waals surface area contributed by atoms with Crippen LogP contribution in [0.25, 0.3) is 0 Å². The van der Waals surface area contributed by atoms with E-state index < -0.39 is 0 Å². The van der Waals surface area contributed by atoms with E-state index in [1.54, 1.807) is 0 Å². The van der Waals surface area contributed by atoms with E-state index in [-0.39, 0.29) is 17.4 Å². The van der Waals surface area contributed by atoms with Crippen LogP contribution < -0.4 is 0 Å². The molecule has 1 radical (unpaired) electrons. The molecule has 0 aromatic carbocycles. The number of hydrogen-bond donors (Lipinski definition) is 0. The Labute approximate surface area is 76.5 Å². The zero-order valence-electron chi connectivity index (χ0n) is 6.38. The van der Waals surface area contributed by atoms with Gasteiger partial charge in [-0.2, -0.15) is 0 Å². The summed E-state index contributed by atoms with van der Waals surface area (Å²) in [5.74, 6) is 0. The molecule has 0 amide bonds. The van der Waals surface area contributed by atoms with Crippen molar-refractivity contribution < 1.29 is 17.4 Å². The molecule has 0 atom stereocenters. The summed E-state index contributed by atoms with van der Waals surface area (Å²) >= 11 is 0. The molecule has 0 spiro atoms. The van der Waals surface area contributed by atoms with Crippen LogP contribution in [-0.4, -0.2) is 0 Å². The van der Waals surface area contributed by atoms with Crippen LogP contribution >= 0.6 is 0 Å². The number of hydrogen-bond acceptors (Lipinski definition) is 0. The van der Waals surface area contributed by atoms with E-state index in [0.717, 1.165) is 0 Å². The molecule has 10 heavy (non-hydrogen) atoms. The van der Waals surface area contributed by atoms with Gasteiger partial charge < -0.3 is 0 Å². The van der Waals surface area contributed by atoms with Gasteiger partial charge in [0.15, 0.2) is 0 Å². The molecule has 0 aromatic heterocycles. The predicted octanol–water partition coefficient (Wildman–Crippen LogP) is 3.02. The summed E-state index contributed by atoms with van der Waals surface area (Å²) in [6.45, 7) is 19.5. The van der Waals surface area contributed by atoms with Gasteiger partial charge in [0.25, 0.3) is 0 Å². The van der Waals surface area contributed by atoms with Gasteiger partial charge in [0.2, 0.25) is 0 Å². The fourth-order valence-corrected chi connectivity index (χ4v) is 0. The summed E-state index contributed by atoms with van der Waals surface area (Å²) in [6.07, 6.45) is 4.50. The van der Waals surface area contributed by atoms with E-state index >= 15 is 0 Å². The van der Waals surface area contributed by atoms with Gasteiger partial charge in [0.05, 0.1) is 0 Å². The van der Waals surface area contributed by atoms with Crippen molar-refractivity contribution in [2.24, 2.45) is 0 Å². The van der Waals surface area contributed by atoms with Crippen LogP contribution in [0.4, 0.5) is 0 Å². The zero-order chi connectivity index (χ0) is 8.12. The second-order valence-electron chi connectivity index (χ2n) is 0.866. The molecule has 0 bridgehead atoms. The van der Waals surface area contributed by atoms with E-state index in [1.807, 2.05) is 0 Å². The van der Waals surface area contributed by atoms with Crippen molar-refractivity contribution in [3.05, 3.63) is 58.7 Å². The fraction of sp³-hybridized carbons (Fsp3) is 0. The van der Waals surface area contributed by atoms with Gasteiger partial charge in [0.1, 0.15) is 0 Å². The quantitative estimate of drug-likeness (QED) is 0.496. The van der Waals surface area contributed by atoms with Crippen molar-refractivity contribution in [3.63, 3.8) is 0 Å². The molecule has 0 saturated heterocycles. The molecule has 0 nitrogen and oxygen atoms in total. The Bertz CT molecular complexity index is 41.5. The maximum Gasteiger partial charge on any atom is 3.00 e. The van der Waals surface area contributed by atoms with E-state index in [0.29, 0.717) is 0 Å². The molecule has 0 saturated carbocycles. The second-order valence-corrected chi connectivity index (χ2v) is 0.866. The molecule has 0 aliphatic heterocycles. The van der Waals surface area contributed by atoms with Crippen LogP contribution in [0, 0.1) is 20.8 Å². The average molecular weight is 175 g/mol. The first kappa shape index (κ1) is 22.8. The second kappa shape index (κ2) is 81.2. The molecule has 0 aromatic rings. The monoisotopic (exact) mass is 175 g/mol. The molecule has 1 heteroatoms. The Morgan fingerprint density at radius 1 is 0.700 bits per heavy atom. The van der Waals surface area contributed by atoms with Gasteiger partial charge in [-0.1, -0.05) is 0 Å². The minimum absolute atomic E-state index is 0. The molecular formula is C9H15Cr. The minimum atomic E-state index is 0. The third-order valence-corrected chi connectivity index (χ3v) is 0. The molecular weight excluding hydrogens is 160 g/mol. The van der Waals surface area contributed by atoms with E-state index in [4.69, 9.17) is 0 Å². The van der Waals surface area contributed by atoms with Gasteiger partial charge in [-0.15, -0.1) is 0 Å². The minimum Gasteiger partial charge on any atom is -0.245 e. The summed E-state index contributed by atoms with van der Waals surface area (Å²) in [7, 11) is 0. The third kappa shape index (κ3) is 733. The molecule has 0 fully saturated rings. The van der Waals surface area contributed by atoms with Gasteiger partial charge in [-0.25, -0.2) is 58.7 Å². The Kier molecular flexibility index (Phi) is 185. The van der Waals surface area contributed by atoms with E-state index in [1.165, 1.54) is 18.2 Å². The Balaban J connectivity index is -0.0000000257. The smallest absolute Gasteiger partial charge is 0.245 e. The first-order valence-electron chi connectivity index (χ1n) is 2.45. The molecule has 0 rings (SSSR count). The van der Waals surface area contributed by atoms with Crippen molar-refractivity contribution in [3.8, 4) is 0 Å². The van der Waals surface area contributed by atoms with Crippen molar-refractivity contribution in [2.45, 2.75) is 0 Å². The van der Waals surface area contributed by atoms with Gasteiger partial charge >= 0.3 is 17.4 Å². The molecule has 0 unspecified atom stereocenters. The van der Waals surface area contributed by atoms with Crippen LogP contribution in [0.5, 0.6) is 0 Å². The molecule has 0 heterocycles. The molecule has 0 N–H and O–H groups in total. The van der Waals surface area contributed by atoms with Crippen LogP contribution in [0.1, 0.15) is 0 Å². The standard InChI is InChI=1S/3C3H5.Cr/c3*1-3-2;/h3*3H,1-2H2;/q3*-1;+3. The average Bonchev–Trinajstić information content (AvgIpc) is 1.70. The predicted molar refractivity (Wildman–Crippen MR) is 46.7 cm³/mol. The normalized spacial score (nSPS) is 3.60. The van der Waals surface area contributed by atoms with Crippen LogP contribution in [-0.2, 0) is 17.4 Å². The van der Waals surface area contributed by atoms with Crippen LogP contribution in [0.3, 0.4) is 0 Å². The Morgan fingerprint density at radius 2 is 0.700 bits per heavy atom. The summed E-state index contributed by atoms with van der Waals surface area (Å²) in [4.78, 5) is 0. The summed E-state index contributed by atoms with van der Waals surface area (Å²) in [5, 5.41) is 0. The van der Waals surface area contributed by atoms with E-state index in [2.05, 4.69) is 40.5 Å². The summed E-state index contributed by atoms with van der Waals surface area (Å²) in [6, 6.07) is 0. The Hall–Kier alpha value is -0.638. The number of allylic oxidation sites excluding steroid dienone is 3. The molecule has 57 valence electrons. The van der Waals surface area contributed by atoms with Gasteiger partial charge in [0, 0.05) is 0 Å². The maximum atomic E-state index is 3.25. The molecule has 0 aliphatic carbocycles. The summed E-state index contributed by atoms with van der Waals surface area (Å²) < 4.78 is 0. The van der Waals surface area contributed by atoms with Crippen molar-refractivity contribution in [1.82, 2.24) is 0 Å². The van der Waals surface area contributed by atoms with Gasteiger partial charge in [-0.05, 0) is 0 Å². The fourth-order valence-electron chi connectivity index (χ4n) is 0. The SMILES string of the molecule is C=C[CH2-].C=C[CH2-].C=C[CH2-].[Cr+3]. The zero-order valence-corrected chi connectivity index (χ0v) is 7.66. The largest absolute Gasteiger partial charge is 3.00 e. The number of rotatable bonds is 0. The van der Waals surface area contributed by atoms with Crippen molar-refractivity contribution >= 4 is 0 Å². The topological polar surface area (TPSA) is 0 Å². The molecule has 0 aliphatic rings. The van der Waals surface area contributed by atoms with Crippen molar-refractivity contribution in [2.75, 3.05) is 0 Å². The van der Waals surface area contributed by atoms with Crippen LogP contribution in [0.15, 0.2) is 38.0 Å². The Morgan fingerprint density at radius 3 is 0.700 bits per heavy atom.